The molecule has 5 heteroatoms. The largest absolute Gasteiger partial charge is 0.485 e. The number of halogens is 3. The van der Waals surface area contributed by atoms with Gasteiger partial charge in [-0.15, -0.1) is 0 Å². The van der Waals surface area contributed by atoms with Crippen LogP contribution in [0.3, 0.4) is 0 Å². The lowest BCUT2D eigenvalue weighted by Crippen LogP contribution is -2.34. The second-order valence-electron chi connectivity index (χ2n) is 3.39. The summed E-state index contributed by atoms with van der Waals surface area (Å²) in [5, 5.41) is 0. The highest BCUT2D eigenvalue weighted by atomic mass is 79.9. The monoisotopic (exact) mass is 276 g/mol. The van der Waals surface area contributed by atoms with Crippen molar-refractivity contribution in [3.05, 3.63) is 28.2 Å². The van der Waals surface area contributed by atoms with Crippen LogP contribution >= 0.6 is 15.9 Å². The third-order valence-corrected chi connectivity index (χ3v) is 2.75. The number of benzene rings is 1. The van der Waals surface area contributed by atoms with E-state index in [9.17, 15) is 13.6 Å². The number of carbonyl (C=O) groups excluding carboxylic acids is 1. The summed E-state index contributed by atoms with van der Waals surface area (Å²) < 4.78 is 31.4. The van der Waals surface area contributed by atoms with Crippen molar-refractivity contribution in [2.45, 2.75) is 18.9 Å². The lowest BCUT2D eigenvalue weighted by atomic mass is 9.94. The van der Waals surface area contributed by atoms with Gasteiger partial charge in [-0.05, 0) is 22.0 Å². The van der Waals surface area contributed by atoms with Crippen LogP contribution in [0, 0.1) is 11.6 Å². The van der Waals surface area contributed by atoms with E-state index in [1.807, 2.05) is 0 Å². The molecule has 0 saturated heterocycles. The van der Waals surface area contributed by atoms with Crippen molar-refractivity contribution in [2.24, 2.45) is 0 Å². The van der Waals surface area contributed by atoms with Crippen LogP contribution in [-0.2, 0) is 4.79 Å². The molecule has 0 aromatic heterocycles. The minimum atomic E-state index is -0.763. The first-order chi connectivity index (χ1) is 7.06. The topological polar surface area (TPSA) is 26.3 Å². The Hall–Kier alpha value is -0.970. The Labute approximate surface area is 93.4 Å². The third-order valence-electron chi connectivity index (χ3n) is 2.16. The van der Waals surface area contributed by atoms with Crippen molar-refractivity contribution in [3.63, 3.8) is 0 Å². The average molecular weight is 277 g/mol. The van der Waals surface area contributed by atoms with Crippen molar-refractivity contribution in [2.75, 3.05) is 0 Å². The van der Waals surface area contributed by atoms with Gasteiger partial charge in [-0.3, -0.25) is 4.79 Å². The fourth-order valence-electron chi connectivity index (χ4n) is 1.34. The van der Waals surface area contributed by atoms with E-state index in [1.54, 1.807) is 0 Å². The van der Waals surface area contributed by atoms with E-state index in [0.717, 1.165) is 12.1 Å². The molecule has 1 aliphatic rings. The maximum atomic E-state index is 13.2. The van der Waals surface area contributed by atoms with Gasteiger partial charge in [0.1, 0.15) is 17.7 Å². The van der Waals surface area contributed by atoms with Gasteiger partial charge >= 0.3 is 0 Å². The Morgan fingerprint density at radius 1 is 1.33 bits per heavy atom. The first kappa shape index (κ1) is 10.5. The minimum Gasteiger partial charge on any atom is -0.485 e. The van der Waals surface area contributed by atoms with Crippen molar-refractivity contribution >= 4 is 21.7 Å². The Bertz CT molecular complexity index is 389. The Morgan fingerprint density at radius 2 is 2.00 bits per heavy atom. The van der Waals surface area contributed by atoms with Gasteiger partial charge in [-0.1, -0.05) is 0 Å². The molecule has 0 aliphatic heterocycles. The molecular formula is C10H7BrF2O2. The molecule has 0 bridgehead atoms. The molecule has 80 valence electrons. The predicted octanol–water partition coefficient (Wildman–Crippen LogP) is 2.84. The summed E-state index contributed by atoms with van der Waals surface area (Å²) in [5.74, 6) is -1.37. The zero-order valence-electron chi connectivity index (χ0n) is 7.60. The molecule has 0 amide bonds. The first-order valence-corrected chi connectivity index (χ1v) is 5.18. The Kier molecular flexibility index (Phi) is 2.73. The summed E-state index contributed by atoms with van der Waals surface area (Å²) in [6.07, 6.45) is 0.306. The van der Waals surface area contributed by atoms with Gasteiger partial charge in [0.05, 0.1) is 4.47 Å². The molecule has 2 rings (SSSR count). The van der Waals surface area contributed by atoms with Crippen LogP contribution < -0.4 is 4.74 Å². The number of ketones is 1. The third kappa shape index (κ3) is 2.17. The first-order valence-electron chi connectivity index (χ1n) is 4.39. The van der Waals surface area contributed by atoms with Gasteiger partial charge in [0.2, 0.25) is 0 Å². The lowest BCUT2D eigenvalue weighted by Gasteiger charge is -2.25. The predicted molar refractivity (Wildman–Crippen MR) is 52.7 cm³/mol. The highest BCUT2D eigenvalue weighted by Crippen LogP contribution is 2.32. The highest BCUT2D eigenvalue weighted by Gasteiger charge is 2.29. The highest BCUT2D eigenvalue weighted by molar-refractivity contribution is 9.10. The van der Waals surface area contributed by atoms with Crippen molar-refractivity contribution < 1.29 is 18.3 Å². The van der Waals surface area contributed by atoms with Crippen LogP contribution in [0.25, 0.3) is 0 Å². The summed E-state index contributed by atoms with van der Waals surface area (Å²) in [5.41, 5.74) is 0. The van der Waals surface area contributed by atoms with E-state index in [1.165, 1.54) is 0 Å². The molecule has 2 nitrogen and oxygen atoms in total. The zero-order chi connectivity index (χ0) is 11.0. The number of carbonyl (C=O) groups is 1. The summed E-state index contributed by atoms with van der Waals surface area (Å²) >= 11 is 3.00. The van der Waals surface area contributed by atoms with Crippen LogP contribution in [0.5, 0.6) is 5.75 Å². The normalized spacial score (nSPS) is 16.3. The quantitative estimate of drug-likeness (QED) is 0.830. The van der Waals surface area contributed by atoms with Gasteiger partial charge in [0.25, 0.3) is 0 Å². The van der Waals surface area contributed by atoms with E-state index in [4.69, 9.17) is 4.74 Å². The maximum absolute atomic E-state index is 13.2. The average Bonchev–Trinajstić information content (AvgIpc) is 2.07. The lowest BCUT2D eigenvalue weighted by molar-refractivity contribution is -0.129. The number of hydrogen-bond acceptors (Lipinski definition) is 2. The molecule has 1 aromatic rings. The molecule has 1 saturated carbocycles. The molecule has 0 radical (unpaired) electrons. The van der Waals surface area contributed by atoms with Crippen molar-refractivity contribution in [1.29, 1.82) is 0 Å². The molecule has 1 fully saturated rings. The van der Waals surface area contributed by atoms with E-state index in [-0.39, 0.29) is 22.1 Å². The number of Topliss-reactive ketones (excluding diaryl/α,β-unsaturated/α-hetero) is 1. The Balaban J connectivity index is 2.17. The van der Waals surface area contributed by atoms with Gasteiger partial charge < -0.3 is 4.74 Å². The smallest absolute Gasteiger partial charge is 0.169 e. The van der Waals surface area contributed by atoms with E-state index in [0.29, 0.717) is 12.8 Å². The molecule has 15 heavy (non-hydrogen) atoms. The number of rotatable bonds is 2. The molecule has 1 aromatic carbocycles. The van der Waals surface area contributed by atoms with Crippen molar-refractivity contribution in [1.82, 2.24) is 0 Å². The SMILES string of the molecule is O=C1CC(Oc2c(F)cc(F)cc2Br)C1. The molecule has 0 N–H and O–H groups in total. The zero-order valence-corrected chi connectivity index (χ0v) is 9.18. The fourth-order valence-corrected chi connectivity index (χ4v) is 1.84. The van der Waals surface area contributed by atoms with Crippen LogP contribution in [0.1, 0.15) is 12.8 Å². The minimum absolute atomic E-state index is 0.0334. The molecule has 0 spiro atoms. The van der Waals surface area contributed by atoms with Gasteiger partial charge in [-0.2, -0.15) is 0 Å². The second kappa shape index (κ2) is 3.89. The second-order valence-corrected chi connectivity index (χ2v) is 4.24. The molecule has 1 aliphatic carbocycles. The van der Waals surface area contributed by atoms with Crippen LogP contribution in [-0.4, -0.2) is 11.9 Å². The standard InChI is InChI=1S/C10H7BrF2O2/c11-8-1-5(12)2-9(13)10(8)15-7-3-6(14)4-7/h1-2,7H,3-4H2. The summed E-state index contributed by atoms with van der Waals surface area (Å²) in [7, 11) is 0. The fraction of sp³-hybridized carbons (Fsp3) is 0.300. The summed E-state index contributed by atoms with van der Waals surface area (Å²) in [6.45, 7) is 0. The number of hydrogen-bond donors (Lipinski definition) is 0. The van der Waals surface area contributed by atoms with E-state index >= 15 is 0 Å². The Morgan fingerprint density at radius 3 is 2.53 bits per heavy atom. The van der Waals surface area contributed by atoms with Crippen LogP contribution in [0.15, 0.2) is 16.6 Å². The molecule has 0 atom stereocenters. The van der Waals surface area contributed by atoms with Gasteiger partial charge in [-0.25, -0.2) is 8.78 Å². The van der Waals surface area contributed by atoms with Crippen molar-refractivity contribution in [3.8, 4) is 5.75 Å². The molecule has 0 heterocycles. The van der Waals surface area contributed by atoms with E-state index < -0.39 is 11.6 Å². The van der Waals surface area contributed by atoms with Crippen LogP contribution in [0.4, 0.5) is 8.78 Å². The summed E-state index contributed by atoms with van der Waals surface area (Å²) in [6, 6.07) is 1.87. The van der Waals surface area contributed by atoms with Gasteiger partial charge in [0.15, 0.2) is 11.6 Å². The van der Waals surface area contributed by atoms with E-state index in [2.05, 4.69) is 15.9 Å². The maximum Gasteiger partial charge on any atom is 0.169 e. The number of ether oxygens (including phenoxy) is 1. The van der Waals surface area contributed by atoms with Crippen LogP contribution in [0.2, 0.25) is 0 Å². The molecule has 0 unspecified atom stereocenters. The summed E-state index contributed by atoms with van der Waals surface area (Å²) in [4.78, 5) is 10.7. The molecular weight excluding hydrogens is 270 g/mol. The van der Waals surface area contributed by atoms with Gasteiger partial charge in [0, 0.05) is 18.9 Å².